The van der Waals surface area contributed by atoms with E-state index in [4.69, 9.17) is 0 Å². The van der Waals surface area contributed by atoms with Gasteiger partial charge in [-0.3, -0.25) is 4.98 Å². The van der Waals surface area contributed by atoms with Crippen molar-refractivity contribution in [3.05, 3.63) is 35.9 Å². The summed E-state index contributed by atoms with van der Waals surface area (Å²) in [4.78, 5) is 12.9. The van der Waals surface area contributed by atoms with Crippen LogP contribution in [0.3, 0.4) is 0 Å². The minimum absolute atomic E-state index is 0.752. The fourth-order valence-electron chi connectivity index (χ4n) is 1.46. The summed E-state index contributed by atoms with van der Waals surface area (Å²) in [5, 5.41) is 3.02. The lowest BCUT2D eigenvalue weighted by Crippen LogP contribution is -1.98. The van der Waals surface area contributed by atoms with Crippen LogP contribution in [0.1, 0.15) is 11.5 Å². The fraction of sp³-hybridized carbons (Fsp3) is 0.250. The second-order valence-corrected chi connectivity index (χ2v) is 3.62. The average molecular weight is 214 g/mol. The highest BCUT2D eigenvalue weighted by atomic mass is 15.0. The van der Waals surface area contributed by atoms with Gasteiger partial charge in [0.25, 0.3) is 0 Å². The van der Waals surface area contributed by atoms with Crippen LogP contribution in [0.4, 0.5) is 5.82 Å². The van der Waals surface area contributed by atoms with Crippen molar-refractivity contribution in [1.29, 1.82) is 0 Å². The van der Waals surface area contributed by atoms with Gasteiger partial charge in [-0.05, 0) is 26.0 Å². The van der Waals surface area contributed by atoms with Crippen LogP contribution in [0.25, 0.3) is 11.3 Å². The standard InChI is InChI=1S/C12H14N4/c1-8-4-5-10(7-14-8)11-6-12(13-3)16-9(2)15-11/h4-7H,1-3H3,(H,13,15,16). The van der Waals surface area contributed by atoms with Gasteiger partial charge < -0.3 is 5.32 Å². The quantitative estimate of drug-likeness (QED) is 0.832. The maximum Gasteiger partial charge on any atom is 0.130 e. The third-order valence-electron chi connectivity index (χ3n) is 2.30. The monoisotopic (exact) mass is 214 g/mol. The molecule has 16 heavy (non-hydrogen) atoms. The number of nitrogens with one attached hydrogen (secondary N) is 1. The van der Waals surface area contributed by atoms with Crippen LogP contribution < -0.4 is 5.32 Å². The Kier molecular flexibility index (Phi) is 2.81. The number of hydrogen-bond acceptors (Lipinski definition) is 4. The molecule has 0 saturated carbocycles. The Bertz CT molecular complexity index is 491. The summed E-state index contributed by atoms with van der Waals surface area (Å²) >= 11 is 0. The van der Waals surface area contributed by atoms with E-state index in [0.29, 0.717) is 0 Å². The first-order chi connectivity index (χ1) is 7.69. The second-order valence-electron chi connectivity index (χ2n) is 3.62. The first-order valence-corrected chi connectivity index (χ1v) is 5.15. The number of rotatable bonds is 2. The molecule has 0 unspecified atom stereocenters. The lowest BCUT2D eigenvalue weighted by atomic mass is 10.2. The van der Waals surface area contributed by atoms with E-state index in [-0.39, 0.29) is 0 Å². The van der Waals surface area contributed by atoms with Gasteiger partial charge in [-0.2, -0.15) is 0 Å². The summed E-state index contributed by atoms with van der Waals surface area (Å²) in [6.07, 6.45) is 1.83. The van der Waals surface area contributed by atoms with E-state index in [2.05, 4.69) is 20.3 Å². The van der Waals surface area contributed by atoms with E-state index in [0.717, 1.165) is 28.6 Å². The lowest BCUT2D eigenvalue weighted by Gasteiger charge is -2.05. The molecule has 2 aromatic rings. The number of aryl methyl sites for hydroxylation is 2. The molecule has 4 nitrogen and oxygen atoms in total. The molecule has 0 saturated heterocycles. The molecular weight excluding hydrogens is 200 g/mol. The third-order valence-corrected chi connectivity index (χ3v) is 2.30. The highest BCUT2D eigenvalue weighted by Crippen LogP contribution is 2.18. The molecule has 82 valence electrons. The Balaban J connectivity index is 2.47. The molecule has 0 bridgehead atoms. The van der Waals surface area contributed by atoms with Crippen molar-refractivity contribution < 1.29 is 0 Å². The summed E-state index contributed by atoms with van der Waals surface area (Å²) in [7, 11) is 1.85. The summed E-state index contributed by atoms with van der Waals surface area (Å²) < 4.78 is 0. The van der Waals surface area contributed by atoms with Crippen molar-refractivity contribution in [3.63, 3.8) is 0 Å². The normalized spacial score (nSPS) is 10.2. The Labute approximate surface area is 94.8 Å². The van der Waals surface area contributed by atoms with Gasteiger partial charge in [0.2, 0.25) is 0 Å². The van der Waals surface area contributed by atoms with Gasteiger partial charge in [-0.15, -0.1) is 0 Å². The molecule has 4 heteroatoms. The van der Waals surface area contributed by atoms with E-state index in [1.165, 1.54) is 0 Å². The Morgan fingerprint density at radius 1 is 1.12 bits per heavy atom. The molecule has 0 aliphatic heterocycles. The van der Waals surface area contributed by atoms with E-state index in [9.17, 15) is 0 Å². The van der Waals surface area contributed by atoms with Crippen LogP contribution in [-0.2, 0) is 0 Å². The first-order valence-electron chi connectivity index (χ1n) is 5.15. The predicted octanol–water partition coefficient (Wildman–Crippen LogP) is 2.20. The fourth-order valence-corrected chi connectivity index (χ4v) is 1.46. The molecule has 0 fully saturated rings. The number of pyridine rings is 1. The Morgan fingerprint density at radius 2 is 1.94 bits per heavy atom. The predicted molar refractivity (Wildman–Crippen MR) is 64.3 cm³/mol. The molecule has 2 rings (SSSR count). The van der Waals surface area contributed by atoms with Crippen molar-refractivity contribution in [3.8, 4) is 11.3 Å². The van der Waals surface area contributed by atoms with Gasteiger partial charge >= 0.3 is 0 Å². The zero-order chi connectivity index (χ0) is 11.5. The van der Waals surface area contributed by atoms with E-state index in [1.54, 1.807) is 0 Å². The third kappa shape index (κ3) is 2.16. The smallest absolute Gasteiger partial charge is 0.130 e. The average Bonchev–Trinajstić information content (AvgIpc) is 2.29. The maximum absolute atomic E-state index is 4.39. The van der Waals surface area contributed by atoms with Crippen molar-refractivity contribution >= 4 is 5.82 Å². The van der Waals surface area contributed by atoms with Crippen molar-refractivity contribution in [1.82, 2.24) is 15.0 Å². The number of anilines is 1. The topological polar surface area (TPSA) is 50.7 Å². The molecule has 0 spiro atoms. The number of aromatic nitrogens is 3. The molecule has 0 atom stereocenters. The molecule has 2 aromatic heterocycles. The van der Waals surface area contributed by atoms with Crippen LogP contribution in [0, 0.1) is 13.8 Å². The lowest BCUT2D eigenvalue weighted by molar-refractivity contribution is 1.05. The highest BCUT2D eigenvalue weighted by Gasteiger charge is 2.03. The first kappa shape index (κ1) is 10.5. The van der Waals surface area contributed by atoms with Gasteiger partial charge in [-0.25, -0.2) is 9.97 Å². The molecule has 2 heterocycles. The van der Waals surface area contributed by atoms with Gasteiger partial charge in [0.05, 0.1) is 5.69 Å². The second kappa shape index (κ2) is 4.26. The molecule has 0 aliphatic carbocycles. The van der Waals surface area contributed by atoms with Crippen LogP contribution in [-0.4, -0.2) is 22.0 Å². The molecule has 0 aromatic carbocycles. The number of nitrogens with zero attached hydrogens (tertiary/aromatic N) is 3. The molecule has 0 radical (unpaired) electrons. The molecule has 0 amide bonds. The molecule has 0 aliphatic rings. The van der Waals surface area contributed by atoms with E-state index in [1.807, 2.05) is 45.3 Å². The summed E-state index contributed by atoms with van der Waals surface area (Å²) in [5.41, 5.74) is 2.90. The molecular formula is C12H14N4. The minimum Gasteiger partial charge on any atom is -0.373 e. The zero-order valence-electron chi connectivity index (χ0n) is 9.65. The Morgan fingerprint density at radius 3 is 2.56 bits per heavy atom. The maximum atomic E-state index is 4.39. The Hall–Kier alpha value is -1.97. The van der Waals surface area contributed by atoms with Gasteiger partial charge in [-0.1, -0.05) is 0 Å². The van der Waals surface area contributed by atoms with E-state index >= 15 is 0 Å². The minimum atomic E-state index is 0.752. The van der Waals surface area contributed by atoms with Crippen molar-refractivity contribution in [2.45, 2.75) is 13.8 Å². The van der Waals surface area contributed by atoms with Gasteiger partial charge in [0.1, 0.15) is 11.6 Å². The van der Waals surface area contributed by atoms with Crippen LogP contribution in [0.5, 0.6) is 0 Å². The number of hydrogen-bond donors (Lipinski definition) is 1. The highest BCUT2D eigenvalue weighted by molar-refractivity contribution is 5.61. The van der Waals surface area contributed by atoms with Crippen molar-refractivity contribution in [2.75, 3.05) is 12.4 Å². The van der Waals surface area contributed by atoms with Gasteiger partial charge in [0.15, 0.2) is 0 Å². The van der Waals surface area contributed by atoms with Crippen molar-refractivity contribution in [2.24, 2.45) is 0 Å². The molecule has 1 N–H and O–H groups in total. The zero-order valence-corrected chi connectivity index (χ0v) is 9.65. The van der Waals surface area contributed by atoms with Crippen LogP contribution in [0.15, 0.2) is 24.4 Å². The summed E-state index contributed by atoms with van der Waals surface area (Å²) in [5.74, 6) is 1.57. The summed E-state index contributed by atoms with van der Waals surface area (Å²) in [6, 6.07) is 5.91. The SMILES string of the molecule is CNc1cc(-c2ccc(C)nc2)nc(C)n1. The van der Waals surface area contributed by atoms with Gasteiger partial charge in [0, 0.05) is 30.6 Å². The van der Waals surface area contributed by atoms with Crippen LogP contribution >= 0.6 is 0 Å². The van der Waals surface area contributed by atoms with E-state index < -0.39 is 0 Å². The largest absolute Gasteiger partial charge is 0.373 e. The summed E-state index contributed by atoms with van der Waals surface area (Å²) in [6.45, 7) is 3.85. The van der Waals surface area contributed by atoms with Crippen LogP contribution in [0.2, 0.25) is 0 Å².